The third-order valence-corrected chi connectivity index (χ3v) is 5.97. The average molecular weight is 415 g/mol. The summed E-state index contributed by atoms with van der Waals surface area (Å²) >= 11 is 0. The normalized spacial score (nSPS) is 19.5. The average Bonchev–Trinajstić information content (AvgIpc) is 3.35. The van der Waals surface area contributed by atoms with Crippen LogP contribution in [0.3, 0.4) is 0 Å². The van der Waals surface area contributed by atoms with Crippen molar-refractivity contribution < 1.29 is 14.3 Å². The lowest BCUT2D eigenvalue weighted by atomic mass is 10.0. The number of nitrogens with zero attached hydrogens (tertiary/aromatic N) is 7. The van der Waals surface area contributed by atoms with Gasteiger partial charge in [-0.1, -0.05) is 0 Å². The number of hydrogen-bond donors (Lipinski definition) is 0. The smallest absolute Gasteiger partial charge is 0.272 e. The number of ether oxygens (including phenoxy) is 1. The summed E-state index contributed by atoms with van der Waals surface area (Å²) in [5.74, 6) is 1.66. The summed E-state index contributed by atoms with van der Waals surface area (Å²) in [6.07, 6.45) is 5.20. The van der Waals surface area contributed by atoms with Gasteiger partial charge in [0.15, 0.2) is 5.82 Å². The van der Waals surface area contributed by atoms with E-state index >= 15 is 0 Å². The second kappa shape index (κ2) is 8.95. The fourth-order valence-corrected chi connectivity index (χ4v) is 4.43. The first-order valence-corrected chi connectivity index (χ1v) is 10.7. The van der Waals surface area contributed by atoms with Gasteiger partial charge >= 0.3 is 0 Å². The van der Waals surface area contributed by atoms with Crippen LogP contribution in [0.5, 0.6) is 0 Å². The summed E-state index contributed by atoms with van der Waals surface area (Å²) in [6.45, 7) is 5.19. The van der Waals surface area contributed by atoms with Crippen molar-refractivity contribution in [1.29, 1.82) is 0 Å². The fourth-order valence-electron chi connectivity index (χ4n) is 4.43. The largest absolute Gasteiger partial charge is 0.375 e. The molecule has 2 amide bonds. The van der Waals surface area contributed by atoms with Gasteiger partial charge in [-0.25, -0.2) is 0 Å². The molecule has 0 radical (unpaired) electrons. The predicted molar refractivity (Wildman–Crippen MR) is 108 cm³/mol. The number of piperidine rings is 1. The molecule has 2 aromatic heterocycles. The number of carbonyl (C=O) groups is 2. The van der Waals surface area contributed by atoms with Crippen LogP contribution in [0.25, 0.3) is 0 Å². The van der Waals surface area contributed by atoms with Crippen LogP contribution in [0, 0.1) is 0 Å². The van der Waals surface area contributed by atoms with Crippen molar-refractivity contribution in [2.24, 2.45) is 0 Å². The molecule has 1 fully saturated rings. The van der Waals surface area contributed by atoms with E-state index in [1.54, 1.807) is 16.9 Å². The Hall–Kier alpha value is -2.75. The predicted octanol–water partition coefficient (Wildman–Crippen LogP) is 0.893. The molecule has 0 aliphatic carbocycles. The molecule has 4 heterocycles. The van der Waals surface area contributed by atoms with Gasteiger partial charge in [0.25, 0.3) is 5.91 Å². The van der Waals surface area contributed by atoms with Crippen LogP contribution in [-0.2, 0) is 29.0 Å². The number of rotatable bonds is 5. The van der Waals surface area contributed by atoms with Crippen molar-refractivity contribution in [3.8, 4) is 0 Å². The van der Waals surface area contributed by atoms with Crippen LogP contribution in [0.2, 0.25) is 0 Å². The molecule has 2 aliphatic heterocycles. The molecule has 1 saturated heterocycles. The Morgan fingerprint density at radius 3 is 2.83 bits per heavy atom. The van der Waals surface area contributed by atoms with Gasteiger partial charge in [0.2, 0.25) is 5.91 Å². The van der Waals surface area contributed by atoms with Crippen LogP contribution in [0.4, 0.5) is 0 Å². The summed E-state index contributed by atoms with van der Waals surface area (Å²) in [6, 6.07) is 1.68. The molecule has 10 heteroatoms. The zero-order valence-corrected chi connectivity index (χ0v) is 17.7. The Kier molecular flexibility index (Phi) is 6.12. The minimum Gasteiger partial charge on any atom is -0.375 e. The van der Waals surface area contributed by atoms with Gasteiger partial charge in [0.05, 0.1) is 6.04 Å². The lowest BCUT2D eigenvalue weighted by molar-refractivity contribution is -0.139. The monoisotopic (exact) mass is 415 g/mol. The maximum absolute atomic E-state index is 13.0. The van der Waals surface area contributed by atoms with E-state index in [1.165, 1.54) is 7.11 Å². The fraction of sp³-hybridized carbons (Fsp3) is 0.650. The van der Waals surface area contributed by atoms with E-state index in [4.69, 9.17) is 4.74 Å². The molecular formula is C20H29N7O3. The van der Waals surface area contributed by atoms with E-state index in [9.17, 15) is 9.59 Å². The highest BCUT2D eigenvalue weighted by Gasteiger charge is 2.33. The van der Waals surface area contributed by atoms with Crippen LogP contribution in [-0.4, -0.2) is 79.5 Å². The van der Waals surface area contributed by atoms with Gasteiger partial charge in [-0.3, -0.25) is 14.3 Å². The number of carbonyl (C=O) groups excluding carboxylic acids is 2. The molecule has 2 aliphatic rings. The number of fused-ring (bicyclic) bond motifs is 1. The van der Waals surface area contributed by atoms with Gasteiger partial charge in [-0.05, 0) is 32.3 Å². The quantitative estimate of drug-likeness (QED) is 0.719. The number of amides is 2. The van der Waals surface area contributed by atoms with E-state index in [0.717, 1.165) is 30.9 Å². The first-order valence-electron chi connectivity index (χ1n) is 10.7. The molecule has 4 rings (SSSR count). The minimum atomic E-state index is -0.0913. The summed E-state index contributed by atoms with van der Waals surface area (Å²) in [5.41, 5.74) is 0.610. The highest BCUT2D eigenvalue weighted by atomic mass is 16.5. The molecule has 162 valence electrons. The second-order valence-corrected chi connectivity index (χ2v) is 7.73. The van der Waals surface area contributed by atoms with Gasteiger partial charge in [-0.15, -0.1) is 10.2 Å². The Bertz CT molecular complexity index is 906. The molecule has 0 aromatic carbocycles. The zero-order valence-electron chi connectivity index (χ0n) is 17.7. The minimum absolute atomic E-state index is 0.0100. The van der Waals surface area contributed by atoms with Crippen molar-refractivity contribution >= 4 is 11.8 Å². The highest BCUT2D eigenvalue weighted by molar-refractivity contribution is 5.92. The lowest BCUT2D eigenvalue weighted by Gasteiger charge is -2.35. The number of methoxy groups -OCH3 is 1. The van der Waals surface area contributed by atoms with Crippen molar-refractivity contribution in [2.75, 3.05) is 33.4 Å². The van der Waals surface area contributed by atoms with Gasteiger partial charge in [0.1, 0.15) is 18.1 Å². The van der Waals surface area contributed by atoms with E-state index in [2.05, 4.69) is 19.9 Å². The van der Waals surface area contributed by atoms with E-state index in [1.807, 2.05) is 16.7 Å². The van der Waals surface area contributed by atoms with E-state index < -0.39 is 0 Å². The van der Waals surface area contributed by atoms with Crippen molar-refractivity contribution in [2.45, 2.75) is 51.7 Å². The molecule has 1 atom stereocenters. The standard InChI is InChI=1S/C20H29N7O3/c1-3-27-16(7-9-21-27)20(29)24-11-8-17-22-23-19(26(17)13-12-24)15-6-4-5-10-25(15)18(28)14-30-2/h7,9,15H,3-6,8,10-14H2,1-2H3. The number of aryl methyl sites for hydroxylation is 1. The molecule has 0 N–H and O–H groups in total. The molecule has 1 unspecified atom stereocenters. The van der Waals surface area contributed by atoms with Crippen LogP contribution in [0.15, 0.2) is 12.3 Å². The third-order valence-electron chi connectivity index (χ3n) is 5.97. The van der Waals surface area contributed by atoms with Crippen LogP contribution < -0.4 is 0 Å². The molecule has 30 heavy (non-hydrogen) atoms. The van der Waals surface area contributed by atoms with Gasteiger partial charge < -0.3 is 19.1 Å². The maximum Gasteiger partial charge on any atom is 0.272 e. The van der Waals surface area contributed by atoms with Crippen LogP contribution in [0.1, 0.15) is 54.4 Å². The van der Waals surface area contributed by atoms with E-state index in [-0.39, 0.29) is 24.5 Å². The van der Waals surface area contributed by atoms with Crippen LogP contribution >= 0.6 is 0 Å². The molecule has 10 nitrogen and oxygen atoms in total. The first kappa shape index (κ1) is 20.5. The Labute approximate surface area is 175 Å². The molecule has 0 saturated carbocycles. The van der Waals surface area contributed by atoms with E-state index in [0.29, 0.717) is 44.8 Å². The summed E-state index contributed by atoms with van der Waals surface area (Å²) in [7, 11) is 1.54. The zero-order chi connectivity index (χ0) is 21.1. The lowest BCUT2D eigenvalue weighted by Crippen LogP contribution is -2.41. The number of aromatic nitrogens is 5. The molecular weight excluding hydrogens is 386 g/mol. The number of hydrogen-bond acceptors (Lipinski definition) is 6. The van der Waals surface area contributed by atoms with Gasteiger partial charge in [0, 0.05) is 52.5 Å². The maximum atomic E-state index is 13.0. The summed E-state index contributed by atoms with van der Waals surface area (Å²) in [5, 5.41) is 13.1. The number of likely N-dealkylation sites (tertiary alicyclic amines) is 1. The molecule has 0 bridgehead atoms. The Balaban J connectivity index is 1.53. The third kappa shape index (κ3) is 3.83. The Morgan fingerprint density at radius 2 is 2.03 bits per heavy atom. The van der Waals surface area contributed by atoms with Crippen molar-refractivity contribution in [3.05, 3.63) is 29.6 Å². The second-order valence-electron chi connectivity index (χ2n) is 7.73. The molecule has 0 spiro atoms. The molecule has 2 aromatic rings. The topological polar surface area (TPSA) is 98.4 Å². The summed E-state index contributed by atoms with van der Waals surface area (Å²) < 4.78 is 8.89. The highest BCUT2D eigenvalue weighted by Crippen LogP contribution is 2.31. The first-order chi connectivity index (χ1) is 14.6. The summed E-state index contributed by atoms with van der Waals surface area (Å²) in [4.78, 5) is 29.3. The van der Waals surface area contributed by atoms with Crippen molar-refractivity contribution in [1.82, 2.24) is 34.3 Å². The van der Waals surface area contributed by atoms with Crippen molar-refractivity contribution in [3.63, 3.8) is 0 Å². The Morgan fingerprint density at radius 1 is 1.17 bits per heavy atom. The SMILES string of the molecule is CCn1nccc1C(=O)N1CCc2nnc(C3CCCCN3C(=O)COC)n2CC1. The van der Waals surface area contributed by atoms with Gasteiger partial charge in [-0.2, -0.15) is 5.10 Å².